The minimum atomic E-state index is -0.501. The Hall–Kier alpha value is -3.65. The van der Waals surface area contributed by atoms with Crippen LogP contribution < -0.4 is 14.8 Å². The van der Waals surface area contributed by atoms with E-state index in [1.165, 1.54) is 4.52 Å². The molecule has 9 heteroatoms. The second-order valence-corrected chi connectivity index (χ2v) is 6.99. The van der Waals surface area contributed by atoms with Gasteiger partial charge in [-0.25, -0.2) is 9.50 Å². The van der Waals surface area contributed by atoms with Crippen LogP contribution in [0.15, 0.2) is 48.5 Å². The third-order valence-electron chi connectivity index (χ3n) is 4.30. The van der Waals surface area contributed by atoms with Crippen molar-refractivity contribution in [1.29, 1.82) is 0 Å². The second kappa shape index (κ2) is 8.00. The van der Waals surface area contributed by atoms with Crippen molar-refractivity contribution < 1.29 is 14.3 Å². The molecular formula is C21H18ClN5O3. The molecule has 152 valence electrons. The van der Waals surface area contributed by atoms with Crippen molar-refractivity contribution in [1.82, 2.24) is 19.6 Å². The van der Waals surface area contributed by atoms with E-state index in [0.717, 1.165) is 11.4 Å². The first-order valence-electron chi connectivity index (χ1n) is 9.07. The number of carbonyl (C=O) groups is 1. The van der Waals surface area contributed by atoms with Gasteiger partial charge in [0.1, 0.15) is 11.5 Å². The first-order chi connectivity index (χ1) is 14.4. The number of fused-ring (bicyclic) bond motifs is 1. The largest absolute Gasteiger partial charge is 0.497 e. The molecule has 0 saturated heterocycles. The summed E-state index contributed by atoms with van der Waals surface area (Å²) < 4.78 is 12.6. The van der Waals surface area contributed by atoms with E-state index in [-0.39, 0.29) is 5.82 Å². The van der Waals surface area contributed by atoms with Crippen molar-refractivity contribution in [3.05, 3.63) is 70.8 Å². The fraction of sp³-hybridized carbons (Fsp3) is 0.143. The Morgan fingerprint density at radius 3 is 2.50 bits per heavy atom. The van der Waals surface area contributed by atoms with Crippen molar-refractivity contribution in [3.63, 3.8) is 0 Å². The molecule has 2 heterocycles. The lowest BCUT2D eigenvalue weighted by molar-refractivity contribution is 0.101. The maximum absolute atomic E-state index is 12.8. The Morgan fingerprint density at radius 2 is 1.77 bits per heavy atom. The van der Waals surface area contributed by atoms with Gasteiger partial charge in [0.25, 0.3) is 11.7 Å². The summed E-state index contributed by atoms with van der Waals surface area (Å²) in [4.78, 5) is 21.3. The predicted octanol–water partition coefficient (Wildman–Crippen LogP) is 4.45. The van der Waals surface area contributed by atoms with Crippen molar-refractivity contribution in [2.45, 2.75) is 13.8 Å². The Labute approximate surface area is 177 Å². The number of ether oxygens (including phenoxy) is 2. The molecule has 0 radical (unpaired) electrons. The van der Waals surface area contributed by atoms with Crippen LogP contribution in [0.1, 0.15) is 22.0 Å². The first kappa shape index (κ1) is 19.7. The molecule has 0 spiro atoms. The van der Waals surface area contributed by atoms with Gasteiger partial charge in [0.15, 0.2) is 5.75 Å². The van der Waals surface area contributed by atoms with Crippen LogP contribution in [0.3, 0.4) is 0 Å². The molecule has 1 N–H and O–H groups in total. The number of hydrogen-bond donors (Lipinski definition) is 1. The smallest absolute Gasteiger partial charge is 0.295 e. The number of carbonyl (C=O) groups excluding carboxylic acids is 1. The van der Waals surface area contributed by atoms with Crippen LogP contribution in [-0.4, -0.2) is 32.6 Å². The van der Waals surface area contributed by atoms with E-state index in [0.29, 0.717) is 33.7 Å². The number of aryl methyl sites for hydroxylation is 2. The van der Waals surface area contributed by atoms with Gasteiger partial charge in [0.05, 0.1) is 12.8 Å². The van der Waals surface area contributed by atoms with Gasteiger partial charge in [-0.1, -0.05) is 11.6 Å². The number of anilines is 1. The van der Waals surface area contributed by atoms with Gasteiger partial charge in [-0.15, -0.1) is 5.10 Å². The molecular weight excluding hydrogens is 406 g/mol. The van der Waals surface area contributed by atoms with E-state index in [1.54, 1.807) is 49.6 Å². The molecule has 4 aromatic rings. The van der Waals surface area contributed by atoms with E-state index in [4.69, 9.17) is 21.1 Å². The standard InChI is InChI=1S/C21H18ClN5O3/c1-12-10-13(2)27-21(23-12)25-19(26-27)20(28)24-17-11-14(22)4-9-18(17)30-16-7-5-15(29-3)6-8-16/h4-11H,1-3H3,(H,24,28). The molecule has 1 amide bonds. The lowest BCUT2D eigenvalue weighted by atomic mass is 10.2. The van der Waals surface area contributed by atoms with E-state index in [1.807, 2.05) is 19.9 Å². The van der Waals surface area contributed by atoms with Crippen LogP contribution >= 0.6 is 11.6 Å². The number of aromatic nitrogens is 4. The number of amides is 1. The Morgan fingerprint density at radius 1 is 1.03 bits per heavy atom. The van der Waals surface area contributed by atoms with Gasteiger partial charge in [-0.05, 0) is 62.4 Å². The molecule has 30 heavy (non-hydrogen) atoms. The molecule has 0 aliphatic heterocycles. The van der Waals surface area contributed by atoms with Gasteiger partial charge in [0, 0.05) is 16.4 Å². The molecule has 2 aromatic heterocycles. The summed E-state index contributed by atoms with van der Waals surface area (Å²) in [6.07, 6.45) is 0. The van der Waals surface area contributed by atoms with Crippen LogP contribution in [0.5, 0.6) is 17.2 Å². The summed E-state index contributed by atoms with van der Waals surface area (Å²) in [5.41, 5.74) is 2.02. The fourth-order valence-electron chi connectivity index (χ4n) is 2.90. The van der Waals surface area contributed by atoms with Crippen molar-refractivity contribution in [2.24, 2.45) is 0 Å². The quantitative estimate of drug-likeness (QED) is 0.510. The van der Waals surface area contributed by atoms with E-state index < -0.39 is 5.91 Å². The summed E-state index contributed by atoms with van der Waals surface area (Å²) in [6.45, 7) is 3.73. The predicted molar refractivity (Wildman–Crippen MR) is 113 cm³/mol. The maximum atomic E-state index is 12.8. The first-order valence-corrected chi connectivity index (χ1v) is 9.44. The molecule has 8 nitrogen and oxygen atoms in total. The van der Waals surface area contributed by atoms with Gasteiger partial charge >= 0.3 is 0 Å². The minimum Gasteiger partial charge on any atom is -0.497 e. The molecule has 4 rings (SSSR count). The Bertz CT molecular complexity index is 1240. The van der Waals surface area contributed by atoms with E-state index in [2.05, 4.69) is 20.4 Å². The Balaban J connectivity index is 1.61. The fourth-order valence-corrected chi connectivity index (χ4v) is 3.07. The average Bonchev–Trinajstić information content (AvgIpc) is 3.15. The average molecular weight is 424 g/mol. The van der Waals surface area contributed by atoms with Crippen molar-refractivity contribution >= 4 is 29.0 Å². The highest BCUT2D eigenvalue weighted by Gasteiger charge is 2.17. The van der Waals surface area contributed by atoms with Crippen LogP contribution in [0, 0.1) is 13.8 Å². The minimum absolute atomic E-state index is 0.00780. The molecule has 0 atom stereocenters. The van der Waals surface area contributed by atoms with Crippen LogP contribution in [0.4, 0.5) is 5.69 Å². The van der Waals surface area contributed by atoms with Gasteiger partial charge in [-0.2, -0.15) is 4.98 Å². The molecule has 2 aromatic carbocycles. The van der Waals surface area contributed by atoms with Crippen LogP contribution in [0.2, 0.25) is 5.02 Å². The summed E-state index contributed by atoms with van der Waals surface area (Å²) in [6, 6.07) is 13.9. The van der Waals surface area contributed by atoms with Gasteiger partial charge in [0.2, 0.25) is 5.82 Å². The molecule has 0 unspecified atom stereocenters. The molecule has 0 saturated carbocycles. The topological polar surface area (TPSA) is 90.6 Å². The van der Waals surface area contributed by atoms with Crippen molar-refractivity contribution in [2.75, 3.05) is 12.4 Å². The van der Waals surface area contributed by atoms with Crippen LogP contribution in [0.25, 0.3) is 5.78 Å². The Kier molecular flexibility index (Phi) is 5.24. The number of methoxy groups -OCH3 is 1. The zero-order chi connectivity index (χ0) is 21.3. The number of rotatable bonds is 5. The summed E-state index contributed by atoms with van der Waals surface area (Å²) in [5, 5.41) is 7.46. The monoisotopic (exact) mass is 423 g/mol. The zero-order valence-electron chi connectivity index (χ0n) is 16.5. The number of benzene rings is 2. The molecule has 0 aliphatic rings. The summed E-state index contributed by atoms with van der Waals surface area (Å²) >= 11 is 6.12. The number of nitrogens with zero attached hydrogens (tertiary/aromatic N) is 4. The lowest BCUT2D eigenvalue weighted by Crippen LogP contribution is -2.14. The van der Waals surface area contributed by atoms with Gasteiger partial charge in [-0.3, -0.25) is 4.79 Å². The number of hydrogen-bond acceptors (Lipinski definition) is 6. The SMILES string of the molecule is COc1ccc(Oc2ccc(Cl)cc2NC(=O)c2nc3nc(C)cc(C)n3n2)cc1. The summed E-state index contributed by atoms with van der Waals surface area (Å²) in [7, 11) is 1.59. The third kappa shape index (κ3) is 4.04. The zero-order valence-corrected chi connectivity index (χ0v) is 17.3. The molecule has 0 aliphatic carbocycles. The third-order valence-corrected chi connectivity index (χ3v) is 4.53. The van der Waals surface area contributed by atoms with Crippen molar-refractivity contribution in [3.8, 4) is 17.2 Å². The molecule has 0 fully saturated rings. The second-order valence-electron chi connectivity index (χ2n) is 6.56. The van der Waals surface area contributed by atoms with Gasteiger partial charge < -0.3 is 14.8 Å². The highest BCUT2D eigenvalue weighted by atomic mass is 35.5. The molecule has 0 bridgehead atoms. The normalized spacial score (nSPS) is 10.8. The summed E-state index contributed by atoms with van der Waals surface area (Å²) in [5.74, 6) is 1.56. The van der Waals surface area contributed by atoms with E-state index >= 15 is 0 Å². The number of halogens is 1. The van der Waals surface area contributed by atoms with Crippen LogP contribution in [-0.2, 0) is 0 Å². The lowest BCUT2D eigenvalue weighted by Gasteiger charge is -2.12. The highest BCUT2D eigenvalue weighted by Crippen LogP contribution is 2.33. The maximum Gasteiger partial charge on any atom is 0.295 e. The highest BCUT2D eigenvalue weighted by molar-refractivity contribution is 6.31. The number of nitrogens with one attached hydrogen (secondary N) is 1. The van der Waals surface area contributed by atoms with E-state index in [9.17, 15) is 4.79 Å².